The van der Waals surface area contributed by atoms with Gasteiger partial charge >= 0.3 is 5.97 Å². The minimum absolute atomic E-state index is 0.0484. The summed E-state index contributed by atoms with van der Waals surface area (Å²) in [6.45, 7) is 1.90. The number of esters is 1. The van der Waals surface area contributed by atoms with E-state index < -0.39 is 5.92 Å². The third-order valence-electron chi connectivity index (χ3n) is 7.17. The fourth-order valence-electron chi connectivity index (χ4n) is 5.49. The average molecular weight is 496 g/mol. The second-order valence-corrected chi connectivity index (χ2v) is 10.3. The number of ketones is 1. The van der Waals surface area contributed by atoms with Gasteiger partial charge in [-0.1, -0.05) is 47.5 Å². The third kappa shape index (κ3) is 4.54. The van der Waals surface area contributed by atoms with Crippen LogP contribution in [0.15, 0.2) is 71.1 Å². The van der Waals surface area contributed by atoms with Gasteiger partial charge < -0.3 is 10.1 Å². The highest BCUT2D eigenvalue weighted by molar-refractivity contribution is 6.30. The van der Waals surface area contributed by atoms with Crippen LogP contribution in [0.25, 0.3) is 0 Å². The molecule has 176 valence electrons. The first-order chi connectivity index (χ1) is 16.4. The van der Waals surface area contributed by atoms with Crippen molar-refractivity contribution in [2.45, 2.75) is 63.4 Å². The topological polar surface area (TPSA) is 55.4 Å². The molecule has 2 aliphatic carbocycles. The summed E-state index contributed by atoms with van der Waals surface area (Å²) in [6, 6.07) is 15.1. The molecule has 1 N–H and O–H groups in total. The minimum Gasteiger partial charge on any atom is -0.459 e. The first kappa shape index (κ1) is 23.2. The normalized spacial score (nSPS) is 23.1. The van der Waals surface area contributed by atoms with Crippen LogP contribution in [-0.4, -0.2) is 17.9 Å². The lowest BCUT2D eigenvalue weighted by Crippen LogP contribution is -2.36. The zero-order valence-corrected chi connectivity index (χ0v) is 20.6. The van der Waals surface area contributed by atoms with Gasteiger partial charge in [-0.2, -0.15) is 0 Å². The van der Waals surface area contributed by atoms with Crippen molar-refractivity contribution < 1.29 is 14.3 Å². The Labute approximate surface area is 210 Å². The van der Waals surface area contributed by atoms with Gasteiger partial charge in [0.05, 0.1) is 5.57 Å². The maximum Gasteiger partial charge on any atom is 0.337 e. The fraction of sp³-hybridized carbons (Fsp3) is 0.357. The standard InChI is InChI=1S/C28H27Cl2NO3/c1-16-25(28(33)34-22-4-2-3-5-22)26(18-8-12-21(30)13-9-18)27-23(31-16)14-19(15-24(27)32)17-6-10-20(29)11-7-17/h6-13,19,22,26,31H,2-5,14-15H2,1H3/t19-,26+/m0/s1. The van der Waals surface area contributed by atoms with Gasteiger partial charge in [0.2, 0.25) is 0 Å². The molecule has 0 radical (unpaired) electrons. The van der Waals surface area contributed by atoms with Crippen LogP contribution in [0.5, 0.6) is 0 Å². The summed E-state index contributed by atoms with van der Waals surface area (Å²) in [7, 11) is 0. The lowest BCUT2D eigenvalue weighted by atomic mass is 9.72. The molecule has 3 aliphatic rings. The van der Waals surface area contributed by atoms with E-state index in [4.69, 9.17) is 27.9 Å². The number of carbonyl (C=O) groups is 2. The summed E-state index contributed by atoms with van der Waals surface area (Å²) >= 11 is 12.2. The van der Waals surface area contributed by atoms with Crippen LogP contribution < -0.4 is 5.32 Å². The molecule has 2 atom stereocenters. The van der Waals surface area contributed by atoms with Crippen LogP contribution in [-0.2, 0) is 14.3 Å². The van der Waals surface area contributed by atoms with Gasteiger partial charge in [0, 0.05) is 39.4 Å². The van der Waals surface area contributed by atoms with E-state index in [0.29, 0.717) is 34.0 Å². The van der Waals surface area contributed by atoms with Gasteiger partial charge in [-0.25, -0.2) is 4.79 Å². The minimum atomic E-state index is -0.471. The molecular weight excluding hydrogens is 469 g/mol. The predicted octanol–water partition coefficient (Wildman–Crippen LogP) is 6.84. The van der Waals surface area contributed by atoms with Gasteiger partial charge in [-0.3, -0.25) is 4.79 Å². The third-order valence-corrected chi connectivity index (χ3v) is 7.67. The van der Waals surface area contributed by atoms with Gasteiger partial charge in [-0.15, -0.1) is 0 Å². The van der Waals surface area contributed by atoms with Gasteiger partial charge in [0.25, 0.3) is 0 Å². The number of halogens is 2. The zero-order valence-electron chi connectivity index (χ0n) is 19.1. The highest BCUT2D eigenvalue weighted by atomic mass is 35.5. The predicted molar refractivity (Wildman–Crippen MR) is 134 cm³/mol. The van der Waals surface area contributed by atoms with Crippen molar-refractivity contribution in [1.82, 2.24) is 5.32 Å². The number of allylic oxidation sites excluding steroid dienone is 3. The highest BCUT2D eigenvalue weighted by Gasteiger charge is 2.42. The molecule has 5 rings (SSSR count). The van der Waals surface area contributed by atoms with Crippen LogP contribution in [0.4, 0.5) is 0 Å². The molecular formula is C28H27Cl2NO3. The number of hydrogen-bond acceptors (Lipinski definition) is 4. The van der Waals surface area contributed by atoms with E-state index in [2.05, 4.69) is 5.32 Å². The molecule has 1 aliphatic heterocycles. The summed E-state index contributed by atoms with van der Waals surface area (Å²) in [5.74, 6) is -0.703. The number of carbonyl (C=O) groups excluding carboxylic acids is 2. The van der Waals surface area contributed by atoms with E-state index in [9.17, 15) is 9.59 Å². The lowest BCUT2D eigenvalue weighted by molar-refractivity contribution is -0.144. The van der Waals surface area contributed by atoms with Crippen molar-refractivity contribution >= 4 is 35.0 Å². The molecule has 0 spiro atoms. The first-order valence-electron chi connectivity index (χ1n) is 11.9. The highest BCUT2D eigenvalue weighted by Crippen LogP contribution is 2.46. The second kappa shape index (κ2) is 9.59. The van der Waals surface area contributed by atoms with Crippen molar-refractivity contribution in [2.75, 3.05) is 0 Å². The molecule has 6 heteroatoms. The number of benzene rings is 2. The monoisotopic (exact) mass is 495 g/mol. The maximum atomic E-state index is 13.6. The SMILES string of the molecule is CC1=C(C(=O)OC2CCCC2)[C@@H](c2ccc(Cl)cc2)C2=C(C[C@H](c3ccc(Cl)cc3)CC2=O)N1. The van der Waals surface area contributed by atoms with Gasteiger partial charge in [0.15, 0.2) is 5.78 Å². The number of rotatable bonds is 4. The van der Waals surface area contributed by atoms with E-state index in [1.54, 1.807) is 12.1 Å². The quantitative estimate of drug-likeness (QED) is 0.471. The fourth-order valence-corrected chi connectivity index (χ4v) is 5.74. The van der Waals surface area contributed by atoms with Crippen LogP contribution in [0.1, 0.15) is 68.4 Å². The summed E-state index contributed by atoms with van der Waals surface area (Å²) in [6.07, 6.45) is 4.97. The summed E-state index contributed by atoms with van der Waals surface area (Å²) in [5.41, 5.74) is 4.76. The smallest absolute Gasteiger partial charge is 0.337 e. The van der Waals surface area contributed by atoms with Gasteiger partial charge in [-0.05, 0) is 80.3 Å². The Morgan fingerprint density at radius 1 is 0.912 bits per heavy atom. The van der Waals surface area contributed by atoms with Crippen molar-refractivity contribution in [2.24, 2.45) is 0 Å². The molecule has 1 fully saturated rings. The number of Topliss-reactive ketones (excluding diaryl/α,β-unsaturated/α-hetero) is 1. The lowest BCUT2D eigenvalue weighted by Gasteiger charge is -2.37. The Kier molecular flexibility index (Phi) is 6.54. The molecule has 0 saturated heterocycles. The molecule has 1 heterocycles. The van der Waals surface area contributed by atoms with Crippen molar-refractivity contribution in [3.8, 4) is 0 Å². The molecule has 34 heavy (non-hydrogen) atoms. The molecule has 0 amide bonds. The summed E-state index contributed by atoms with van der Waals surface area (Å²) in [5, 5.41) is 4.70. The molecule has 1 saturated carbocycles. The van der Waals surface area contributed by atoms with E-state index in [1.807, 2.05) is 43.3 Å². The second-order valence-electron chi connectivity index (χ2n) is 9.43. The van der Waals surface area contributed by atoms with E-state index in [-0.39, 0.29) is 23.8 Å². The van der Waals surface area contributed by atoms with Crippen molar-refractivity contribution in [3.63, 3.8) is 0 Å². The molecule has 0 unspecified atom stereocenters. The van der Waals surface area contributed by atoms with Crippen LogP contribution >= 0.6 is 23.2 Å². The Morgan fingerprint density at radius 3 is 2.12 bits per heavy atom. The largest absolute Gasteiger partial charge is 0.459 e. The van der Waals surface area contributed by atoms with Crippen molar-refractivity contribution in [3.05, 3.63) is 92.2 Å². The first-order valence-corrected chi connectivity index (χ1v) is 12.6. The average Bonchev–Trinajstić information content (AvgIpc) is 3.32. The number of hydrogen-bond donors (Lipinski definition) is 1. The summed E-state index contributed by atoms with van der Waals surface area (Å²) in [4.78, 5) is 27.0. The zero-order chi connectivity index (χ0) is 23.8. The Bertz CT molecular complexity index is 1180. The Hall–Kier alpha value is -2.56. The molecule has 0 bridgehead atoms. The molecule has 0 aromatic heterocycles. The number of dihydropyridines is 1. The summed E-state index contributed by atoms with van der Waals surface area (Å²) < 4.78 is 5.90. The van der Waals surface area contributed by atoms with E-state index in [1.165, 1.54) is 0 Å². The molecule has 2 aromatic carbocycles. The van der Waals surface area contributed by atoms with Crippen molar-refractivity contribution in [1.29, 1.82) is 0 Å². The Morgan fingerprint density at radius 2 is 1.50 bits per heavy atom. The van der Waals surface area contributed by atoms with Crippen LogP contribution in [0.2, 0.25) is 10.0 Å². The van der Waals surface area contributed by atoms with Gasteiger partial charge in [0.1, 0.15) is 6.10 Å². The van der Waals surface area contributed by atoms with Crippen LogP contribution in [0, 0.1) is 0 Å². The molecule has 4 nitrogen and oxygen atoms in total. The van der Waals surface area contributed by atoms with Crippen LogP contribution in [0.3, 0.4) is 0 Å². The maximum absolute atomic E-state index is 13.6. The number of ether oxygens (including phenoxy) is 1. The number of nitrogens with one attached hydrogen (secondary N) is 1. The van der Waals surface area contributed by atoms with E-state index in [0.717, 1.165) is 48.2 Å². The Balaban J connectivity index is 1.53. The van der Waals surface area contributed by atoms with E-state index >= 15 is 0 Å². The molecule has 2 aromatic rings.